The number of aryl methyl sites for hydroxylation is 2. The quantitative estimate of drug-likeness (QED) is 0.831. The molecule has 2 rings (SSSR count). The Kier molecular flexibility index (Phi) is 4.48. The minimum Gasteiger partial charge on any atom is -0.223 e. The molecule has 0 atom stereocenters. The van der Waals surface area contributed by atoms with Gasteiger partial charge in [-0.2, -0.15) is 0 Å². The van der Waals surface area contributed by atoms with Crippen molar-refractivity contribution in [2.75, 3.05) is 0 Å². The summed E-state index contributed by atoms with van der Waals surface area (Å²) < 4.78 is 25.2. The molecule has 3 heteroatoms. The van der Waals surface area contributed by atoms with E-state index >= 15 is 0 Å². The van der Waals surface area contributed by atoms with E-state index in [-0.39, 0.29) is 11.2 Å². The van der Waals surface area contributed by atoms with Gasteiger partial charge in [0.05, 0.1) is 10.6 Å². The lowest BCUT2D eigenvalue weighted by Gasteiger charge is -2.19. The van der Waals surface area contributed by atoms with Crippen LogP contribution in [0.1, 0.15) is 43.0 Å². The zero-order valence-electron chi connectivity index (χ0n) is 14.0. The maximum atomic E-state index is 12.6. The topological polar surface area (TPSA) is 34.1 Å². The number of sulfone groups is 1. The average molecular weight is 316 g/mol. The molecule has 0 aliphatic heterocycles. The lowest BCUT2D eigenvalue weighted by atomic mass is 9.87. The molecule has 0 aliphatic carbocycles. The highest BCUT2D eigenvalue weighted by Crippen LogP contribution is 2.25. The molecular weight excluding hydrogens is 292 g/mol. The molecule has 0 saturated heterocycles. The molecule has 0 fully saturated rings. The van der Waals surface area contributed by atoms with E-state index in [0.29, 0.717) is 4.90 Å². The third-order valence-electron chi connectivity index (χ3n) is 3.84. The Morgan fingerprint density at radius 1 is 0.909 bits per heavy atom. The summed E-state index contributed by atoms with van der Waals surface area (Å²) in [5.74, 6) is 0.0430. The Morgan fingerprint density at radius 2 is 1.50 bits per heavy atom. The first-order valence-electron chi connectivity index (χ1n) is 7.49. The summed E-state index contributed by atoms with van der Waals surface area (Å²) in [7, 11) is -3.31. The van der Waals surface area contributed by atoms with Crippen molar-refractivity contribution >= 4 is 9.84 Å². The first-order valence-corrected chi connectivity index (χ1v) is 9.14. The predicted molar refractivity (Wildman–Crippen MR) is 91.9 cm³/mol. The number of rotatable bonds is 3. The number of hydrogen-bond donors (Lipinski definition) is 0. The molecule has 0 bridgehead atoms. The minimum absolute atomic E-state index is 0.0430. The van der Waals surface area contributed by atoms with Gasteiger partial charge >= 0.3 is 0 Å². The minimum atomic E-state index is -3.31. The first-order chi connectivity index (χ1) is 10.1. The van der Waals surface area contributed by atoms with Crippen molar-refractivity contribution in [1.29, 1.82) is 0 Å². The highest BCUT2D eigenvalue weighted by molar-refractivity contribution is 7.90. The van der Waals surface area contributed by atoms with E-state index in [1.54, 1.807) is 6.07 Å². The van der Waals surface area contributed by atoms with Gasteiger partial charge in [-0.15, -0.1) is 0 Å². The molecule has 0 radical (unpaired) electrons. The van der Waals surface area contributed by atoms with Crippen molar-refractivity contribution in [3.63, 3.8) is 0 Å². The van der Waals surface area contributed by atoms with Crippen LogP contribution in [-0.4, -0.2) is 8.42 Å². The first kappa shape index (κ1) is 16.8. The molecule has 0 N–H and O–H groups in total. The van der Waals surface area contributed by atoms with Gasteiger partial charge in [-0.1, -0.05) is 62.7 Å². The third-order valence-corrected chi connectivity index (χ3v) is 5.68. The van der Waals surface area contributed by atoms with Crippen LogP contribution >= 0.6 is 0 Å². The van der Waals surface area contributed by atoms with Crippen molar-refractivity contribution in [3.8, 4) is 0 Å². The SMILES string of the molecule is Cc1ccc(S(=O)(=O)Cc2ccc(C(C)(C)C)cc2)c(C)c1. The summed E-state index contributed by atoms with van der Waals surface area (Å²) in [5, 5.41) is 0. The van der Waals surface area contributed by atoms with Gasteiger partial charge in [0.25, 0.3) is 0 Å². The molecule has 118 valence electrons. The number of benzene rings is 2. The fourth-order valence-corrected chi connectivity index (χ4v) is 4.16. The Hall–Kier alpha value is -1.61. The molecule has 0 heterocycles. The molecule has 0 spiro atoms. The van der Waals surface area contributed by atoms with Crippen LogP contribution in [0.5, 0.6) is 0 Å². The van der Waals surface area contributed by atoms with Crippen molar-refractivity contribution in [2.45, 2.75) is 50.7 Å². The van der Waals surface area contributed by atoms with E-state index < -0.39 is 9.84 Å². The molecule has 0 saturated carbocycles. The molecule has 22 heavy (non-hydrogen) atoms. The molecule has 2 nitrogen and oxygen atoms in total. The summed E-state index contributed by atoms with van der Waals surface area (Å²) in [4.78, 5) is 0.429. The number of hydrogen-bond acceptors (Lipinski definition) is 2. The van der Waals surface area contributed by atoms with Gasteiger partial charge in [-0.05, 0) is 42.0 Å². The largest absolute Gasteiger partial charge is 0.223 e. The van der Waals surface area contributed by atoms with Crippen LogP contribution in [0.15, 0.2) is 47.4 Å². The standard InChI is InChI=1S/C19H24O2S/c1-14-6-11-18(15(2)12-14)22(20,21)13-16-7-9-17(10-8-16)19(3,4)5/h6-12H,13H2,1-5H3. The van der Waals surface area contributed by atoms with Crippen molar-refractivity contribution in [3.05, 3.63) is 64.7 Å². The van der Waals surface area contributed by atoms with Gasteiger partial charge in [0.15, 0.2) is 9.84 Å². The van der Waals surface area contributed by atoms with E-state index in [1.807, 2.05) is 50.2 Å². The predicted octanol–water partition coefficient (Wildman–Crippen LogP) is 4.57. The molecule has 0 amide bonds. The maximum Gasteiger partial charge on any atom is 0.182 e. The molecule has 0 unspecified atom stereocenters. The summed E-state index contributed by atoms with van der Waals surface area (Å²) in [5.41, 5.74) is 4.00. The molecule has 2 aromatic rings. The normalized spacial score (nSPS) is 12.4. The van der Waals surface area contributed by atoms with E-state index in [2.05, 4.69) is 20.8 Å². The lowest BCUT2D eigenvalue weighted by Crippen LogP contribution is -2.11. The van der Waals surface area contributed by atoms with Crippen LogP contribution in [0.25, 0.3) is 0 Å². The second kappa shape index (κ2) is 5.88. The van der Waals surface area contributed by atoms with Gasteiger partial charge < -0.3 is 0 Å². The van der Waals surface area contributed by atoms with E-state index in [1.165, 1.54) is 5.56 Å². The molecule has 2 aromatic carbocycles. The van der Waals surface area contributed by atoms with E-state index in [4.69, 9.17) is 0 Å². The second-order valence-electron chi connectivity index (χ2n) is 6.97. The lowest BCUT2D eigenvalue weighted by molar-refractivity contribution is 0.589. The fraction of sp³-hybridized carbons (Fsp3) is 0.368. The van der Waals surface area contributed by atoms with Crippen molar-refractivity contribution < 1.29 is 8.42 Å². The van der Waals surface area contributed by atoms with E-state index in [9.17, 15) is 8.42 Å². The van der Waals surface area contributed by atoms with Crippen LogP contribution in [-0.2, 0) is 21.0 Å². The van der Waals surface area contributed by atoms with Gasteiger partial charge in [-0.3, -0.25) is 0 Å². The molecule has 0 aromatic heterocycles. The van der Waals surface area contributed by atoms with Crippen LogP contribution in [0.3, 0.4) is 0 Å². The third kappa shape index (κ3) is 3.77. The summed E-state index contributed by atoms with van der Waals surface area (Å²) in [6.45, 7) is 10.3. The van der Waals surface area contributed by atoms with Gasteiger partial charge in [0.1, 0.15) is 0 Å². The van der Waals surface area contributed by atoms with Crippen LogP contribution in [0, 0.1) is 13.8 Å². The van der Waals surface area contributed by atoms with Crippen LogP contribution in [0.4, 0.5) is 0 Å². The maximum absolute atomic E-state index is 12.6. The summed E-state index contributed by atoms with van der Waals surface area (Å²) >= 11 is 0. The van der Waals surface area contributed by atoms with Gasteiger partial charge in [-0.25, -0.2) is 8.42 Å². The monoisotopic (exact) mass is 316 g/mol. The summed E-state index contributed by atoms with van der Waals surface area (Å²) in [6, 6.07) is 13.4. The van der Waals surface area contributed by atoms with Gasteiger partial charge in [0, 0.05) is 0 Å². The highest BCUT2D eigenvalue weighted by Gasteiger charge is 2.19. The summed E-state index contributed by atoms with van der Waals surface area (Å²) in [6.07, 6.45) is 0. The Morgan fingerprint density at radius 3 is 2.00 bits per heavy atom. The van der Waals surface area contributed by atoms with Gasteiger partial charge in [0.2, 0.25) is 0 Å². The van der Waals surface area contributed by atoms with Crippen LogP contribution in [0.2, 0.25) is 0 Å². The van der Waals surface area contributed by atoms with Crippen molar-refractivity contribution in [2.24, 2.45) is 0 Å². The average Bonchev–Trinajstić information content (AvgIpc) is 2.37. The smallest absolute Gasteiger partial charge is 0.182 e. The zero-order valence-corrected chi connectivity index (χ0v) is 14.8. The zero-order chi connectivity index (χ0) is 16.5. The fourth-order valence-electron chi connectivity index (χ4n) is 2.55. The molecule has 0 aliphatic rings. The second-order valence-corrected chi connectivity index (χ2v) is 8.93. The Bertz CT molecular complexity index is 764. The Balaban J connectivity index is 2.29. The molecular formula is C19H24O2S. The Labute approximate surface area is 134 Å². The van der Waals surface area contributed by atoms with Crippen LogP contribution < -0.4 is 0 Å². The highest BCUT2D eigenvalue weighted by atomic mass is 32.2. The van der Waals surface area contributed by atoms with Crippen molar-refractivity contribution in [1.82, 2.24) is 0 Å². The van der Waals surface area contributed by atoms with E-state index in [0.717, 1.165) is 16.7 Å².